The van der Waals surface area contributed by atoms with Crippen molar-refractivity contribution in [3.63, 3.8) is 0 Å². The first-order valence-electron chi connectivity index (χ1n) is 18.7. The maximum absolute atomic E-state index is 12.6. The maximum atomic E-state index is 12.6. The van der Waals surface area contributed by atoms with Gasteiger partial charge in [-0.2, -0.15) is 37.3 Å². The molecule has 0 aromatic rings. The summed E-state index contributed by atoms with van der Waals surface area (Å²) >= 11 is 0. The van der Waals surface area contributed by atoms with Gasteiger partial charge in [0.05, 0.1) is 41.7 Å². The predicted molar refractivity (Wildman–Crippen MR) is 182 cm³/mol. The van der Waals surface area contributed by atoms with Gasteiger partial charge in [-0.15, -0.1) is 0 Å². The van der Waals surface area contributed by atoms with Crippen molar-refractivity contribution < 1.29 is 40.9 Å². The molecule has 14 atom stereocenters. The number of nitrogens with zero attached hydrogens (tertiary/aromatic N) is 4. The van der Waals surface area contributed by atoms with Gasteiger partial charge < -0.3 is 20.3 Å². The van der Waals surface area contributed by atoms with Gasteiger partial charge in [0.25, 0.3) is 20.2 Å². The fourth-order valence-electron chi connectivity index (χ4n) is 10.4. The summed E-state index contributed by atoms with van der Waals surface area (Å²) in [4.78, 5) is 0. The molecule has 49 heavy (non-hydrogen) atoms. The van der Waals surface area contributed by atoms with Gasteiger partial charge in [-0.05, 0) is 87.9 Å². The molecule has 280 valence electrons. The molecule has 6 rings (SSSR count). The molecule has 0 aliphatic heterocycles. The van der Waals surface area contributed by atoms with Gasteiger partial charge in [-0.25, -0.2) is 0 Å². The molecule has 6 saturated carbocycles. The highest BCUT2D eigenvalue weighted by atomic mass is 32.2. The number of hydrogen-bond acceptors (Lipinski definition) is 12. The number of aliphatic hydroxyl groups is 2. The predicted octanol–water partition coefficient (Wildman–Crippen LogP) is 4.12. The number of methoxy groups -OCH3 is 1. The van der Waals surface area contributed by atoms with Crippen molar-refractivity contribution in [1.82, 2.24) is 5.32 Å². The van der Waals surface area contributed by atoms with E-state index in [0.29, 0.717) is 18.9 Å². The summed E-state index contributed by atoms with van der Waals surface area (Å²) in [5.41, 5.74) is 0. The summed E-state index contributed by atoms with van der Waals surface area (Å²) in [7, 11) is -7.12. The summed E-state index contributed by atoms with van der Waals surface area (Å²) in [6, 6.07) is -1.74. The van der Waals surface area contributed by atoms with E-state index < -0.39 is 67.2 Å². The monoisotopic (exact) mass is 731 g/mol. The fraction of sp³-hybridized carbons (Fsp3) is 1.00. The van der Waals surface area contributed by atoms with Crippen LogP contribution in [0.3, 0.4) is 0 Å². The first-order valence-corrected chi connectivity index (χ1v) is 21.7. The molecule has 6 aliphatic carbocycles. The van der Waals surface area contributed by atoms with E-state index in [1.807, 2.05) is 0 Å². The van der Waals surface area contributed by atoms with Crippen molar-refractivity contribution in [2.24, 2.45) is 44.1 Å². The second-order valence-corrected chi connectivity index (χ2v) is 19.3. The number of nitrogens with one attached hydrogen (secondary N) is 1. The van der Waals surface area contributed by atoms with Crippen molar-refractivity contribution in [1.29, 1.82) is 0 Å². The lowest BCUT2D eigenvalue weighted by atomic mass is 9.66. The lowest BCUT2D eigenvalue weighted by Gasteiger charge is -2.47. The fourth-order valence-corrected chi connectivity index (χ4v) is 12.7. The lowest BCUT2D eigenvalue weighted by Crippen LogP contribution is -2.56. The van der Waals surface area contributed by atoms with Crippen molar-refractivity contribution in [2.45, 2.75) is 174 Å². The summed E-state index contributed by atoms with van der Waals surface area (Å²) in [5.74, 6) is -0.0875. The van der Waals surface area contributed by atoms with Gasteiger partial charge in [0.15, 0.2) is 0 Å². The average Bonchev–Trinajstić information content (AvgIpc) is 3.06. The van der Waals surface area contributed by atoms with Crippen LogP contribution in [0.4, 0.5) is 0 Å². The van der Waals surface area contributed by atoms with Crippen LogP contribution in [0.1, 0.15) is 109 Å². The van der Waals surface area contributed by atoms with E-state index in [-0.39, 0.29) is 55.0 Å². The Hall–Kier alpha value is -1.14. The normalized spacial score (nSPS) is 44.5. The van der Waals surface area contributed by atoms with Crippen LogP contribution >= 0.6 is 0 Å². The molecule has 14 unspecified atom stereocenters. The highest BCUT2D eigenvalue weighted by molar-refractivity contribution is 7.86. The van der Waals surface area contributed by atoms with Crippen LogP contribution in [0.25, 0.3) is 0 Å². The van der Waals surface area contributed by atoms with Crippen LogP contribution in [-0.4, -0.2) is 108 Å². The van der Waals surface area contributed by atoms with E-state index in [2.05, 4.69) is 25.8 Å². The van der Waals surface area contributed by atoms with Crippen molar-refractivity contribution >= 4 is 20.2 Å². The molecule has 14 nitrogen and oxygen atoms in total. The standard InChI is InChI=1S/C33H57N5O9S2/c1-47-29-18-26(28(39)17-27(29)37-35-23-11-10-19-6-5-9-30(25(19)16-23)48(41,42)43)36-38-32-31(49(44,45)46)15-20-14-22(12-13-24(20)33(32)40)34-21-7-3-2-4-8-21/h19-34,39-40H,2-18H2,1H3,(H,41,42,43)(H,44,45,46). The Morgan fingerprint density at radius 1 is 0.612 bits per heavy atom. The third kappa shape index (κ3) is 8.91. The van der Waals surface area contributed by atoms with Gasteiger partial charge in [-0.1, -0.05) is 32.1 Å². The van der Waals surface area contributed by atoms with Crippen LogP contribution in [-0.2, 0) is 25.0 Å². The van der Waals surface area contributed by atoms with Crippen molar-refractivity contribution in [3.05, 3.63) is 0 Å². The first kappa shape index (κ1) is 37.6. The number of hydrogen-bond donors (Lipinski definition) is 5. The van der Waals surface area contributed by atoms with Gasteiger partial charge in [-0.3, -0.25) is 9.11 Å². The zero-order valence-corrected chi connectivity index (χ0v) is 30.2. The third-order valence-corrected chi connectivity index (χ3v) is 15.6. The van der Waals surface area contributed by atoms with Crippen molar-refractivity contribution in [2.75, 3.05) is 7.11 Å². The van der Waals surface area contributed by atoms with Gasteiger partial charge in [0.1, 0.15) is 11.3 Å². The zero-order valence-electron chi connectivity index (χ0n) is 28.6. The summed E-state index contributed by atoms with van der Waals surface area (Å²) in [5, 5.41) is 42.2. The summed E-state index contributed by atoms with van der Waals surface area (Å²) in [6.45, 7) is 0. The topological polar surface area (TPSA) is 220 Å². The second kappa shape index (κ2) is 15.8. The minimum Gasteiger partial charge on any atom is -0.391 e. The Morgan fingerprint density at radius 2 is 1.35 bits per heavy atom. The molecule has 0 aromatic carbocycles. The number of azo groups is 2. The van der Waals surface area contributed by atoms with Crippen LogP contribution in [0, 0.1) is 23.7 Å². The summed E-state index contributed by atoms with van der Waals surface area (Å²) < 4.78 is 75.1. The minimum atomic E-state index is -4.53. The molecule has 6 fully saturated rings. The van der Waals surface area contributed by atoms with Gasteiger partial charge >= 0.3 is 0 Å². The Kier molecular flexibility index (Phi) is 12.2. The summed E-state index contributed by atoms with van der Waals surface area (Å²) in [6.07, 6.45) is 11.0. The Labute approximate surface area is 291 Å². The number of fused-ring (bicyclic) bond motifs is 2. The van der Waals surface area contributed by atoms with Crippen LogP contribution in [0.15, 0.2) is 20.5 Å². The zero-order chi connectivity index (χ0) is 34.9. The molecule has 0 heterocycles. The molecule has 0 bridgehead atoms. The quantitative estimate of drug-likeness (QED) is 0.169. The van der Waals surface area contributed by atoms with E-state index in [1.54, 1.807) is 7.11 Å². The van der Waals surface area contributed by atoms with Gasteiger partial charge in [0.2, 0.25) is 0 Å². The molecule has 0 saturated heterocycles. The molecule has 16 heteroatoms. The van der Waals surface area contributed by atoms with Crippen LogP contribution in [0.2, 0.25) is 0 Å². The molecule has 0 spiro atoms. The largest absolute Gasteiger partial charge is 0.391 e. The number of rotatable bonds is 9. The Balaban J connectivity index is 1.08. The molecular weight excluding hydrogens is 675 g/mol. The number of aliphatic hydroxyl groups excluding tert-OH is 2. The van der Waals surface area contributed by atoms with Gasteiger partial charge in [0, 0.05) is 32.0 Å². The molecular formula is C33H57N5O9S2. The van der Waals surface area contributed by atoms with E-state index in [1.165, 1.54) is 19.3 Å². The first-order chi connectivity index (χ1) is 23.3. The number of ether oxygens (including phenoxy) is 1. The Bertz CT molecular complexity index is 1390. The third-order valence-electron chi connectivity index (χ3n) is 13.0. The van der Waals surface area contributed by atoms with Crippen LogP contribution < -0.4 is 5.32 Å². The van der Waals surface area contributed by atoms with E-state index in [9.17, 15) is 36.2 Å². The maximum Gasteiger partial charge on any atom is 0.270 e. The van der Waals surface area contributed by atoms with E-state index >= 15 is 0 Å². The molecule has 0 aromatic heterocycles. The van der Waals surface area contributed by atoms with Crippen molar-refractivity contribution in [3.8, 4) is 0 Å². The molecule has 0 amide bonds. The Morgan fingerprint density at radius 3 is 2.06 bits per heavy atom. The van der Waals surface area contributed by atoms with E-state index in [4.69, 9.17) is 4.74 Å². The minimum absolute atomic E-state index is 0.0560. The highest BCUT2D eigenvalue weighted by Crippen LogP contribution is 2.46. The average molecular weight is 732 g/mol. The van der Waals surface area contributed by atoms with Crippen LogP contribution in [0.5, 0.6) is 0 Å². The molecule has 6 aliphatic rings. The SMILES string of the molecule is COC1CC(N=NC2C(O)C3CCC(NC4CCCCC4)CC3CC2S(=O)(=O)O)C(O)CC1N=NC1CCC2CCCC(S(=O)(=O)O)C2C1. The molecule has 5 N–H and O–H groups in total. The second-order valence-electron chi connectivity index (χ2n) is 16.0. The van der Waals surface area contributed by atoms with E-state index in [0.717, 1.165) is 57.8 Å². The highest BCUT2D eigenvalue weighted by Gasteiger charge is 2.51. The lowest BCUT2D eigenvalue weighted by molar-refractivity contribution is -0.0179. The molecule has 0 radical (unpaired) electrons. The smallest absolute Gasteiger partial charge is 0.270 e.